The van der Waals surface area contributed by atoms with Gasteiger partial charge in [-0.05, 0) is 40.2 Å². The summed E-state index contributed by atoms with van der Waals surface area (Å²) >= 11 is 5.10. The second kappa shape index (κ2) is 3.66. The first kappa shape index (κ1) is 10.2. The predicted molar refractivity (Wildman–Crippen MR) is 61.2 cm³/mol. The van der Waals surface area contributed by atoms with Gasteiger partial charge in [0.15, 0.2) is 0 Å². The Kier molecular flexibility index (Phi) is 2.66. The van der Waals surface area contributed by atoms with Gasteiger partial charge in [-0.1, -0.05) is 6.92 Å². The monoisotopic (exact) mass is 273 g/mol. The van der Waals surface area contributed by atoms with Crippen LogP contribution >= 0.6 is 27.3 Å². The van der Waals surface area contributed by atoms with Gasteiger partial charge >= 0.3 is 0 Å². The summed E-state index contributed by atoms with van der Waals surface area (Å²) in [5, 5.41) is 4.99. The molecule has 76 valence electrons. The van der Waals surface area contributed by atoms with E-state index in [1.54, 1.807) is 11.3 Å². The van der Waals surface area contributed by atoms with E-state index in [2.05, 4.69) is 21.2 Å². The van der Waals surface area contributed by atoms with Crippen molar-refractivity contribution in [2.75, 3.05) is 0 Å². The molecule has 0 saturated heterocycles. The zero-order valence-electron chi connectivity index (χ0n) is 7.97. The van der Waals surface area contributed by atoms with Crippen LogP contribution in [0.1, 0.15) is 24.6 Å². The summed E-state index contributed by atoms with van der Waals surface area (Å²) in [5.41, 5.74) is -0.0657. The van der Waals surface area contributed by atoms with Crippen LogP contribution < -0.4 is 5.32 Å². The second-order valence-corrected chi connectivity index (χ2v) is 5.79. The molecular weight excluding hydrogens is 262 g/mol. The number of hydrogen-bond donors (Lipinski definition) is 1. The number of amides is 1. The van der Waals surface area contributed by atoms with Crippen LogP contribution in [-0.2, 0) is 11.3 Å². The lowest BCUT2D eigenvalue weighted by molar-refractivity contribution is -0.125. The van der Waals surface area contributed by atoms with Crippen LogP contribution in [0.5, 0.6) is 0 Å². The van der Waals surface area contributed by atoms with Crippen LogP contribution in [0.15, 0.2) is 15.9 Å². The van der Waals surface area contributed by atoms with Crippen molar-refractivity contribution in [1.29, 1.82) is 0 Å². The Morgan fingerprint density at radius 1 is 1.71 bits per heavy atom. The molecule has 1 amide bonds. The Bertz CT molecular complexity index is 357. The smallest absolute Gasteiger partial charge is 0.226 e. The van der Waals surface area contributed by atoms with Gasteiger partial charge in [-0.25, -0.2) is 0 Å². The normalized spacial score (nSPS) is 17.9. The van der Waals surface area contributed by atoms with E-state index in [1.807, 2.05) is 18.4 Å². The first-order chi connectivity index (χ1) is 6.62. The van der Waals surface area contributed by atoms with E-state index in [0.717, 1.165) is 17.3 Å². The molecule has 1 aliphatic carbocycles. The number of carbonyl (C=O) groups is 1. The number of carbonyl (C=O) groups excluding carboxylic acids is 1. The van der Waals surface area contributed by atoms with Crippen molar-refractivity contribution in [2.45, 2.75) is 26.3 Å². The summed E-state index contributed by atoms with van der Waals surface area (Å²) in [6.07, 6.45) is 2.06. The highest BCUT2D eigenvalue weighted by Crippen LogP contribution is 2.45. The SMILES string of the molecule is CC1(C(=O)NCc2sccc2Br)CC1. The molecule has 1 N–H and O–H groups in total. The van der Waals surface area contributed by atoms with Crippen molar-refractivity contribution >= 4 is 33.2 Å². The Labute approximate surface area is 95.8 Å². The summed E-state index contributed by atoms with van der Waals surface area (Å²) < 4.78 is 1.09. The zero-order valence-corrected chi connectivity index (χ0v) is 10.4. The third-order valence-corrected chi connectivity index (χ3v) is 4.58. The van der Waals surface area contributed by atoms with Crippen LogP contribution in [0, 0.1) is 5.41 Å². The molecule has 4 heteroatoms. The Hall–Kier alpha value is -0.350. The Morgan fingerprint density at radius 3 is 2.93 bits per heavy atom. The van der Waals surface area contributed by atoms with E-state index in [9.17, 15) is 4.79 Å². The minimum absolute atomic E-state index is 0.0657. The average Bonchev–Trinajstić information content (AvgIpc) is 2.77. The van der Waals surface area contributed by atoms with Crippen molar-refractivity contribution < 1.29 is 4.79 Å². The van der Waals surface area contributed by atoms with Gasteiger partial charge in [-0.2, -0.15) is 0 Å². The average molecular weight is 274 g/mol. The van der Waals surface area contributed by atoms with Gasteiger partial charge in [-0.3, -0.25) is 4.79 Å². The molecule has 0 aromatic carbocycles. The number of halogens is 1. The first-order valence-corrected chi connectivity index (χ1v) is 6.29. The molecule has 0 atom stereocenters. The van der Waals surface area contributed by atoms with E-state index >= 15 is 0 Å². The highest BCUT2D eigenvalue weighted by molar-refractivity contribution is 9.10. The fraction of sp³-hybridized carbons (Fsp3) is 0.500. The van der Waals surface area contributed by atoms with Gasteiger partial charge in [-0.15, -0.1) is 11.3 Å². The molecule has 1 aromatic heterocycles. The quantitative estimate of drug-likeness (QED) is 0.902. The number of rotatable bonds is 3. The number of nitrogens with one attached hydrogen (secondary N) is 1. The maximum atomic E-state index is 11.6. The second-order valence-electron chi connectivity index (χ2n) is 3.94. The molecule has 0 spiro atoms. The third kappa shape index (κ3) is 2.01. The van der Waals surface area contributed by atoms with Crippen molar-refractivity contribution in [3.05, 3.63) is 20.8 Å². The lowest BCUT2D eigenvalue weighted by Gasteiger charge is -2.08. The van der Waals surface area contributed by atoms with Gasteiger partial charge in [0, 0.05) is 14.8 Å². The van der Waals surface area contributed by atoms with E-state index in [4.69, 9.17) is 0 Å². The lowest BCUT2D eigenvalue weighted by Crippen LogP contribution is -2.29. The Morgan fingerprint density at radius 2 is 2.43 bits per heavy atom. The zero-order chi connectivity index (χ0) is 10.2. The van der Waals surface area contributed by atoms with Crippen LogP contribution in [0.25, 0.3) is 0 Å². The molecule has 1 aliphatic rings. The van der Waals surface area contributed by atoms with Gasteiger partial charge in [0.05, 0.1) is 6.54 Å². The lowest BCUT2D eigenvalue weighted by atomic mass is 10.1. The largest absolute Gasteiger partial charge is 0.351 e. The molecule has 14 heavy (non-hydrogen) atoms. The summed E-state index contributed by atoms with van der Waals surface area (Å²) in [6.45, 7) is 2.67. The summed E-state index contributed by atoms with van der Waals surface area (Å²) in [5.74, 6) is 0.192. The molecule has 0 bridgehead atoms. The number of thiophene rings is 1. The van der Waals surface area contributed by atoms with E-state index in [0.29, 0.717) is 6.54 Å². The van der Waals surface area contributed by atoms with E-state index in [1.165, 1.54) is 4.88 Å². The van der Waals surface area contributed by atoms with Crippen LogP contribution in [0.3, 0.4) is 0 Å². The highest BCUT2D eigenvalue weighted by atomic mass is 79.9. The molecule has 0 aliphatic heterocycles. The van der Waals surface area contributed by atoms with Crippen molar-refractivity contribution in [1.82, 2.24) is 5.32 Å². The van der Waals surface area contributed by atoms with Crippen LogP contribution in [-0.4, -0.2) is 5.91 Å². The standard InChI is InChI=1S/C10H12BrNOS/c1-10(3-4-10)9(13)12-6-8-7(11)2-5-14-8/h2,5H,3-4,6H2,1H3,(H,12,13). The van der Waals surface area contributed by atoms with Gasteiger partial charge in [0.25, 0.3) is 0 Å². The van der Waals surface area contributed by atoms with Crippen LogP contribution in [0.2, 0.25) is 0 Å². The number of hydrogen-bond acceptors (Lipinski definition) is 2. The molecule has 1 aromatic rings. The third-order valence-electron chi connectivity index (χ3n) is 2.65. The molecule has 0 unspecified atom stereocenters. The van der Waals surface area contributed by atoms with E-state index in [-0.39, 0.29) is 11.3 Å². The fourth-order valence-corrected chi connectivity index (χ4v) is 2.67. The highest BCUT2D eigenvalue weighted by Gasteiger charge is 2.44. The van der Waals surface area contributed by atoms with Crippen molar-refractivity contribution in [2.24, 2.45) is 5.41 Å². The van der Waals surface area contributed by atoms with Crippen molar-refractivity contribution in [3.8, 4) is 0 Å². The maximum Gasteiger partial charge on any atom is 0.226 e. The summed E-state index contributed by atoms with van der Waals surface area (Å²) in [7, 11) is 0. The minimum atomic E-state index is -0.0657. The molecule has 1 heterocycles. The van der Waals surface area contributed by atoms with Crippen LogP contribution in [0.4, 0.5) is 0 Å². The van der Waals surface area contributed by atoms with Crippen molar-refractivity contribution in [3.63, 3.8) is 0 Å². The van der Waals surface area contributed by atoms with E-state index < -0.39 is 0 Å². The predicted octanol–water partition coefficient (Wildman–Crippen LogP) is 2.93. The molecule has 1 fully saturated rings. The first-order valence-electron chi connectivity index (χ1n) is 4.62. The molecule has 2 rings (SSSR count). The van der Waals surface area contributed by atoms with Gasteiger partial charge in [0.1, 0.15) is 0 Å². The molecule has 1 saturated carbocycles. The van der Waals surface area contributed by atoms with Gasteiger partial charge < -0.3 is 5.32 Å². The summed E-state index contributed by atoms with van der Waals surface area (Å²) in [6, 6.07) is 2.00. The minimum Gasteiger partial charge on any atom is -0.351 e. The molecular formula is C10H12BrNOS. The fourth-order valence-electron chi connectivity index (χ4n) is 1.24. The summed E-state index contributed by atoms with van der Waals surface area (Å²) in [4.78, 5) is 12.8. The van der Waals surface area contributed by atoms with Gasteiger partial charge in [0.2, 0.25) is 5.91 Å². The molecule has 2 nitrogen and oxygen atoms in total. The maximum absolute atomic E-state index is 11.6. The molecule has 0 radical (unpaired) electrons. The topological polar surface area (TPSA) is 29.1 Å². The Balaban J connectivity index is 1.89.